The van der Waals surface area contributed by atoms with Gasteiger partial charge in [0.25, 0.3) is 0 Å². The number of benzene rings is 2. The van der Waals surface area contributed by atoms with Crippen LogP contribution in [-0.4, -0.2) is 30.5 Å². The Morgan fingerprint density at radius 3 is 2.54 bits per heavy atom. The van der Waals surface area contributed by atoms with Crippen molar-refractivity contribution >= 4 is 11.0 Å². The predicted octanol–water partition coefficient (Wildman–Crippen LogP) is 2.56. The molecule has 0 bridgehead atoms. The van der Waals surface area contributed by atoms with Gasteiger partial charge in [-0.2, -0.15) is 0 Å². The summed E-state index contributed by atoms with van der Waals surface area (Å²) in [6, 6.07) is 10.3. The smallest absolute Gasteiger partial charge is 0.200 e. The van der Waals surface area contributed by atoms with Gasteiger partial charge in [-0.05, 0) is 36.8 Å². The molecule has 0 atom stereocenters. The van der Waals surface area contributed by atoms with Crippen LogP contribution in [-0.2, 0) is 6.54 Å². The monoisotopic (exact) mass is 355 g/mol. The van der Waals surface area contributed by atoms with Gasteiger partial charge in [0.1, 0.15) is 22.8 Å². The summed E-state index contributed by atoms with van der Waals surface area (Å²) in [6.07, 6.45) is 0. The summed E-state index contributed by atoms with van der Waals surface area (Å²) < 4.78 is 11.1. The number of nitrogens with one attached hydrogen (secondary N) is 1. The van der Waals surface area contributed by atoms with E-state index < -0.39 is 0 Å². The summed E-state index contributed by atoms with van der Waals surface area (Å²) in [7, 11) is 1.59. The molecule has 3 aromatic rings. The van der Waals surface area contributed by atoms with E-state index in [9.17, 15) is 9.90 Å². The van der Waals surface area contributed by atoms with Gasteiger partial charge in [0.15, 0.2) is 0 Å². The molecule has 3 N–H and O–H groups in total. The summed E-state index contributed by atoms with van der Waals surface area (Å²) in [4.78, 5) is 13.1. The average Bonchev–Trinajstić information content (AvgIpc) is 2.64. The highest BCUT2D eigenvalue weighted by Gasteiger charge is 2.17. The van der Waals surface area contributed by atoms with E-state index in [-0.39, 0.29) is 24.3 Å². The van der Waals surface area contributed by atoms with Gasteiger partial charge in [-0.1, -0.05) is 12.1 Å². The summed E-state index contributed by atoms with van der Waals surface area (Å²) in [6.45, 7) is 2.38. The first-order valence-corrected chi connectivity index (χ1v) is 8.31. The van der Waals surface area contributed by atoms with Crippen molar-refractivity contribution in [3.63, 3.8) is 0 Å². The highest BCUT2D eigenvalue weighted by Crippen LogP contribution is 2.30. The Balaban J connectivity index is 2.16. The molecule has 0 saturated carbocycles. The lowest BCUT2D eigenvalue weighted by molar-refractivity contribution is 0.291. The number of ether oxygens (including phenoxy) is 1. The Labute approximate surface area is 150 Å². The van der Waals surface area contributed by atoms with Crippen LogP contribution in [0.1, 0.15) is 11.3 Å². The highest BCUT2D eigenvalue weighted by atomic mass is 16.5. The van der Waals surface area contributed by atoms with Crippen molar-refractivity contribution in [1.82, 2.24) is 5.32 Å². The van der Waals surface area contributed by atoms with E-state index in [0.717, 1.165) is 5.56 Å². The molecule has 0 unspecified atom stereocenters. The lowest BCUT2D eigenvalue weighted by Gasteiger charge is -2.12. The standard InChI is InChI=1S/C20H21NO5/c1-12-18(13-3-5-14(25-2)6-4-13)19(24)15-7-8-17(23)16(20(15)26-12)11-21-9-10-22/h3-8,21-23H,9-11H2,1-2H3. The molecule has 26 heavy (non-hydrogen) atoms. The number of hydrogen-bond donors (Lipinski definition) is 3. The van der Waals surface area contributed by atoms with E-state index in [1.807, 2.05) is 12.1 Å². The fraction of sp³-hybridized carbons (Fsp3) is 0.250. The zero-order chi connectivity index (χ0) is 18.7. The minimum atomic E-state index is -0.155. The van der Waals surface area contributed by atoms with Crippen LogP contribution in [0.3, 0.4) is 0 Å². The van der Waals surface area contributed by atoms with E-state index in [1.54, 1.807) is 32.2 Å². The molecule has 0 spiro atoms. The summed E-state index contributed by atoms with van der Waals surface area (Å²) >= 11 is 0. The summed E-state index contributed by atoms with van der Waals surface area (Å²) in [5.74, 6) is 1.23. The Hall–Kier alpha value is -2.83. The highest BCUT2D eigenvalue weighted by molar-refractivity contribution is 5.86. The van der Waals surface area contributed by atoms with Crippen LogP contribution < -0.4 is 15.5 Å². The van der Waals surface area contributed by atoms with Crippen LogP contribution in [0.25, 0.3) is 22.1 Å². The second kappa shape index (κ2) is 7.59. The first-order chi connectivity index (χ1) is 12.6. The van der Waals surface area contributed by atoms with Gasteiger partial charge in [-0.15, -0.1) is 0 Å². The van der Waals surface area contributed by atoms with Crippen LogP contribution >= 0.6 is 0 Å². The van der Waals surface area contributed by atoms with Crippen molar-refractivity contribution in [1.29, 1.82) is 0 Å². The van der Waals surface area contributed by atoms with Gasteiger partial charge in [0.2, 0.25) is 5.43 Å². The maximum Gasteiger partial charge on any atom is 0.200 e. The second-order valence-corrected chi connectivity index (χ2v) is 5.93. The van der Waals surface area contributed by atoms with Gasteiger partial charge in [0, 0.05) is 13.1 Å². The topological polar surface area (TPSA) is 91.9 Å². The van der Waals surface area contributed by atoms with Gasteiger partial charge in [0.05, 0.1) is 30.2 Å². The Kier molecular flexibility index (Phi) is 5.25. The minimum absolute atomic E-state index is 0.0177. The molecule has 0 aliphatic heterocycles. The van der Waals surface area contributed by atoms with Gasteiger partial charge in [-0.3, -0.25) is 4.79 Å². The van der Waals surface area contributed by atoms with Crippen LogP contribution in [0, 0.1) is 6.92 Å². The van der Waals surface area contributed by atoms with Crippen molar-refractivity contribution < 1.29 is 19.4 Å². The second-order valence-electron chi connectivity index (χ2n) is 5.93. The van der Waals surface area contributed by atoms with E-state index in [1.165, 1.54) is 6.07 Å². The van der Waals surface area contributed by atoms with Crippen molar-refractivity contribution in [2.45, 2.75) is 13.5 Å². The number of aryl methyl sites for hydroxylation is 1. The molecule has 6 heteroatoms. The molecule has 0 saturated heterocycles. The zero-order valence-corrected chi connectivity index (χ0v) is 14.7. The number of phenolic OH excluding ortho intramolecular Hbond substituents is 1. The number of aliphatic hydroxyl groups is 1. The number of methoxy groups -OCH3 is 1. The third kappa shape index (κ3) is 3.29. The molecule has 0 fully saturated rings. The fourth-order valence-corrected chi connectivity index (χ4v) is 2.97. The first-order valence-electron chi connectivity index (χ1n) is 8.31. The number of aliphatic hydroxyl groups excluding tert-OH is 1. The van der Waals surface area contributed by atoms with E-state index in [2.05, 4.69) is 5.32 Å². The van der Waals surface area contributed by atoms with Crippen LogP contribution in [0.4, 0.5) is 0 Å². The lowest BCUT2D eigenvalue weighted by atomic mass is 10.0. The van der Waals surface area contributed by atoms with Crippen LogP contribution in [0.15, 0.2) is 45.6 Å². The molecule has 2 aromatic carbocycles. The fourth-order valence-electron chi connectivity index (χ4n) is 2.97. The average molecular weight is 355 g/mol. The number of hydrogen-bond acceptors (Lipinski definition) is 6. The predicted molar refractivity (Wildman–Crippen MR) is 99.7 cm³/mol. The molecule has 136 valence electrons. The third-order valence-electron chi connectivity index (χ3n) is 4.28. The molecular formula is C20H21NO5. The number of phenols is 1. The normalized spacial score (nSPS) is 11.0. The molecule has 0 amide bonds. The number of fused-ring (bicyclic) bond motifs is 1. The van der Waals surface area contributed by atoms with Crippen molar-refractivity contribution in [3.05, 3.63) is 57.9 Å². The molecule has 0 aliphatic rings. The quantitative estimate of drug-likeness (QED) is 0.589. The lowest BCUT2D eigenvalue weighted by Crippen LogP contribution is -2.18. The van der Waals surface area contributed by atoms with E-state index >= 15 is 0 Å². The number of rotatable bonds is 6. The largest absolute Gasteiger partial charge is 0.507 e. The molecule has 1 heterocycles. The SMILES string of the molecule is COc1ccc(-c2c(C)oc3c(CNCCO)c(O)ccc3c2=O)cc1. The molecule has 3 rings (SSSR count). The summed E-state index contributed by atoms with van der Waals surface area (Å²) in [5, 5.41) is 22.5. The Morgan fingerprint density at radius 1 is 1.15 bits per heavy atom. The van der Waals surface area contributed by atoms with Crippen LogP contribution in [0.2, 0.25) is 0 Å². The van der Waals surface area contributed by atoms with Crippen LogP contribution in [0.5, 0.6) is 11.5 Å². The molecular weight excluding hydrogens is 334 g/mol. The third-order valence-corrected chi connectivity index (χ3v) is 4.28. The first kappa shape index (κ1) is 18.0. The van der Waals surface area contributed by atoms with Gasteiger partial charge in [-0.25, -0.2) is 0 Å². The Bertz CT molecular complexity index is 976. The molecule has 6 nitrogen and oxygen atoms in total. The number of aromatic hydroxyl groups is 1. The van der Waals surface area contributed by atoms with E-state index in [0.29, 0.717) is 40.2 Å². The molecule has 0 radical (unpaired) electrons. The van der Waals surface area contributed by atoms with Crippen molar-refractivity contribution in [2.24, 2.45) is 0 Å². The Morgan fingerprint density at radius 2 is 1.88 bits per heavy atom. The zero-order valence-electron chi connectivity index (χ0n) is 14.7. The maximum atomic E-state index is 13.1. The van der Waals surface area contributed by atoms with Crippen molar-refractivity contribution in [2.75, 3.05) is 20.3 Å². The van der Waals surface area contributed by atoms with E-state index in [4.69, 9.17) is 14.3 Å². The minimum Gasteiger partial charge on any atom is -0.507 e. The summed E-state index contributed by atoms with van der Waals surface area (Å²) in [5.41, 5.74) is 1.93. The van der Waals surface area contributed by atoms with Gasteiger partial charge < -0.3 is 24.7 Å². The molecule has 0 aliphatic carbocycles. The maximum absolute atomic E-state index is 13.1. The molecule has 1 aromatic heterocycles. The van der Waals surface area contributed by atoms with Crippen molar-refractivity contribution in [3.8, 4) is 22.6 Å². The van der Waals surface area contributed by atoms with Gasteiger partial charge >= 0.3 is 0 Å².